The van der Waals surface area contributed by atoms with Crippen LogP contribution in [-0.2, 0) is 0 Å². The van der Waals surface area contributed by atoms with E-state index in [1.807, 2.05) is 6.92 Å². The molecular weight excluding hydrogens is 157 g/mol. The summed E-state index contributed by atoms with van der Waals surface area (Å²) in [6.45, 7) is 1.84. The molecule has 0 spiro atoms. The summed E-state index contributed by atoms with van der Waals surface area (Å²) in [4.78, 5) is 0. The van der Waals surface area contributed by atoms with Crippen molar-refractivity contribution in [1.29, 1.82) is 0 Å². The number of aromatic nitrogens is 2. The van der Waals surface area contributed by atoms with Crippen molar-refractivity contribution >= 4 is 16.6 Å². The SMILES string of the molecule is Cc1n[nH]c2cc(F)c(N)cc12. The number of nitrogens with one attached hydrogen (secondary N) is 1. The van der Waals surface area contributed by atoms with Gasteiger partial charge in [0, 0.05) is 11.5 Å². The maximum atomic E-state index is 12.9. The Labute approximate surface area is 68.4 Å². The van der Waals surface area contributed by atoms with Crippen LogP contribution in [0.4, 0.5) is 10.1 Å². The van der Waals surface area contributed by atoms with Crippen molar-refractivity contribution in [3.63, 3.8) is 0 Å². The second-order valence-corrected chi connectivity index (χ2v) is 2.73. The van der Waals surface area contributed by atoms with Crippen molar-refractivity contribution in [2.45, 2.75) is 6.92 Å². The van der Waals surface area contributed by atoms with Gasteiger partial charge in [-0.15, -0.1) is 0 Å². The van der Waals surface area contributed by atoms with Crippen LogP contribution in [0, 0.1) is 12.7 Å². The number of halogens is 1. The topological polar surface area (TPSA) is 54.7 Å². The smallest absolute Gasteiger partial charge is 0.148 e. The lowest BCUT2D eigenvalue weighted by Gasteiger charge is -1.95. The molecule has 1 heterocycles. The molecule has 0 saturated heterocycles. The Balaban J connectivity index is 2.87. The lowest BCUT2D eigenvalue weighted by atomic mass is 10.2. The minimum Gasteiger partial charge on any atom is -0.396 e. The van der Waals surface area contributed by atoms with E-state index in [4.69, 9.17) is 5.73 Å². The molecule has 0 radical (unpaired) electrons. The number of nitrogen functional groups attached to an aromatic ring is 1. The normalized spacial score (nSPS) is 10.8. The van der Waals surface area contributed by atoms with E-state index in [2.05, 4.69) is 10.2 Å². The van der Waals surface area contributed by atoms with Crippen molar-refractivity contribution in [1.82, 2.24) is 10.2 Å². The number of rotatable bonds is 0. The van der Waals surface area contributed by atoms with Crippen LogP contribution in [-0.4, -0.2) is 10.2 Å². The molecule has 0 unspecified atom stereocenters. The number of fused-ring (bicyclic) bond motifs is 1. The Morgan fingerprint density at radius 1 is 1.50 bits per heavy atom. The summed E-state index contributed by atoms with van der Waals surface area (Å²) < 4.78 is 12.9. The zero-order valence-electron chi connectivity index (χ0n) is 6.56. The third-order valence-electron chi connectivity index (χ3n) is 1.87. The molecule has 0 aliphatic rings. The standard InChI is InChI=1S/C8H8FN3/c1-4-5-2-7(10)6(9)3-8(5)12-11-4/h2-3H,10H2,1H3,(H,11,12). The van der Waals surface area contributed by atoms with Gasteiger partial charge in [0.25, 0.3) is 0 Å². The average molecular weight is 165 g/mol. The maximum absolute atomic E-state index is 12.9. The number of benzene rings is 1. The van der Waals surface area contributed by atoms with Crippen molar-refractivity contribution in [2.24, 2.45) is 0 Å². The van der Waals surface area contributed by atoms with Gasteiger partial charge in [-0.3, -0.25) is 5.10 Å². The van der Waals surface area contributed by atoms with Crippen molar-refractivity contribution in [3.05, 3.63) is 23.6 Å². The van der Waals surface area contributed by atoms with Gasteiger partial charge in [-0.1, -0.05) is 0 Å². The fourth-order valence-electron chi connectivity index (χ4n) is 1.19. The summed E-state index contributed by atoms with van der Waals surface area (Å²) in [6, 6.07) is 2.94. The molecule has 3 N–H and O–H groups in total. The number of anilines is 1. The first-order chi connectivity index (χ1) is 5.68. The van der Waals surface area contributed by atoms with Gasteiger partial charge in [-0.25, -0.2) is 4.39 Å². The van der Waals surface area contributed by atoms with Crippen molar-refractivity contribution in [3.8, 4) is 0 Å². The predicted molar refractivity (Wildman–Crippen MR) is 45.2 cm³/mol. The summed E-state index contributed by atoms with van der Waals surface area (Å²) in [5.41, 5.74) is 7.07. The molecule has 0 aliphatic carbocycles. The zero-order chi connectivity index (χ0) is 8.72. The summed E-state index contributed by atoms with van der Waals surface area (Å²) in [6.07, 6.45) is 0. The first kappa shape index (κ1) is 7.09. The molecule has 2 rings (SSSR count). The van der Waals surface area contributed by atoms with Gasteiger partial charge in [-0.05, 0) is 13.0 Å². The number of H-pyrrole nitrogens is 1. The second-order valence-electron chi connectivity index (χ2n) is 2.73. The van der Waals surface area contributed by atoms with Crippen LogP contribution >= 0.6 is 0 Å². The van der Waals surface area contributed by atoms with Crippen LogP contribution in [0.3, 0.4) is 0 Å². The van der Waals surface area contributed by atoms with Crippen LogP contribution in [0.2, 0.25) is 0 Å². The summed E-state index contributed by atoms with van der Waals surface area (Å²) in [5, 5.41) is 7.51. The van der Waals surface area contributed by atoms with Crippen LogP contribution < -0.4 is 5.73 Å². The highest BCUT2D eigenvalue weighted by atomic mass is 19.1. The van der Waals surface area contributed by atoms with Crippen molar-refractivity contribution in [2.75, 3.05) is 5.73 Å². The molecule has 0 bridgehead atoms. The molecular formula is C8H8FN3. The largest absolute Gasteiger partial charge is 0.396 e. The van der Waals surface area contributed by atoms with Gasteiger partial charge in [0.1, 0.15) is 5.82 Å². The average Bonchev–Trinajstić information content (AvgIpc) is 2.35. The Morgan fingerprint density at radius 2 is 2.25 bits per heavy atom. The summed E-state index contributed by atoms with van der Waals surface area (Å²) >= 11 is 0. The second kappa shape index (κ2) is 2.20. The molecule has 0 aliphatic heterocycles. The Hall–Kier alpha value is -1.58. The number of aryl methyl sites for hydroxylation is 1. The molecule has 2 aromatic rings. The van der Waals surface area contributed by atoms with Crippen LogP contribution in [0.15, 0.2) is 12.1 Å². The molecule has 1 aromatic heterocycles. The van der Waals surface area contributed by atoms with Gasteiger partial charge in [0.05, 0.1) is 16.9 Å². The highest BCUT2D eigenvalue weighted by Crippen LogP contribution is 2.20. The van der Waals surface area contributed by atoms with E-state index < -0.39 is 5.82 Å². The highest BCUT2D eigenvalue weighted by molar-refractivity contribution is 5.84. The number of nitrogens with zero attached hydrogens (tertiary/aromatic N) is 1. The van der Waals surface area contributed by atoms with Gasteiger partial charge >= 0.3 is 0 Å². The van der Waals surface area contributed by atoms with E-state index in [1.54, 1.807) is 6.07 Å². The molecule has 0 atom stereocenters. The molecule has 0 amide bonds. The lowest BCUT2D eigenvalue weighted by Crippen LogP contribution is -1.89. The fourth-order valence-corrected chi connectivity index (χ4v) is 1.19. The third kappa shape index (κ3) is 0.845. The van der Waals surface area contributed by atoms with E-state index >= 15 is 0 Å². The van der Waals surface area contributed by atoms with Crippen molar-refractivity contribution < 1.29 is 4.39 Å². The van der Waals surface area contributed by atoms with Gasteiger partial charge < -0.3 is 5.73 Å². The first-order valence-electron chi connectivity index (χ1n) is 3.58. The minimum absolute atomic E-state index is 0.159. The number of hydrogen-bond donors (Lipinski definition) is 2. The number of hydrogen-bond acceptors (Lipinski definition) is 2. The summed E-state index contributed by atoms with van der Waals surface area (Å²) in [5.74, 6) is -0.411. The first-order valence-corrected chi connectivity index (χ1v) is 3.58. The summed E-state index contributed by atoms with van der Waals surface area (Å²) in [7, 11) is 0. The monoisotopic (exact) mass is 165 g/mol. The van der Waals surface area contributed by atoms with Gasteiger partial charge in [-0.2, -0.15) is 5.10 Å². The molecule has 4 heteroatoms. The van der Waals surface area contributed by atoms with Crippen LogP contribution in [0.1, 0.15) is 5.69 Å². The third-order valence-corrected chi connectivity index (χ3v) is 1.87. The van der Waals surface area contributed by atoms with Gasteiger partial charge in [0.15, 0.2) is 0 Å². The number of nitrogens with two attached hydrogens (primary N) is 1. The minimum atomic E-state index is -0.411. The lowest BCUT2D eigenvalue weighted by molar-refractivity contribution is 0.634. The quantitative estimate of drug-likeness (QED) is 0.582. The van der Waals surface area contributed by atoms with Gasteiger partial charge in [0.2, 0.25) is 0 Å². The van der Waals surface area contributed by atoms with Crippen LogP contribution in [0.25, 0.3) is 10.9 Å². The fraction of sp³-hybridized carbons (Fsp3) is 0.125. The molecule has 12 heavy (non-hydrogen) atoms. The Morgan fingerprint density at radius 3 is 3.00 bits per heavy atom. The number of aromatic amines is 1. The maximum Gasteiger partial charge on any atom is 0.148 e. The molecule has 1 aromatic carbocycles. The zero-order valence-corrected chi connectivity index (χ0v) is 6.56. The van der Waals surface area contributed by atoms with E-state index in [0.717, 1.165) is 11.1 Å². The predicted octanol–water partition coefficient (Wildman–Crippen LogP) is 1.59. The Bertz CT molecular complexity index is 433. The molecule has 3 nitrogen and oxygen atoms in total. The highest BCUT2D eigenvalue weighted by Gasteiger charge is 2.05. The molecule has 0 saturated carbocycles. The molecule has 62 valence electrons. The molecule has 0 fully saturated rings. The van der Waals surface area contributed by atoms with E-state index in [0.29, 0.717) is 5.52 Å². The van der Waals surface area contributed by atoms with E-state index in [-0.39, 0.29) is 5.69 Å². The van der Waals surface area contributed by atoms with E-state index in [1.165, 1.54) is 6.07 Å². The van der Waals surface area contributed by atoms with Crippen LogP contribution in [0.5, 0.6) is 0 Å². The van der Waals surface area contributed by atoms with E-state index in [9.17, 15) is 4.39 Å². The Kier molecular flexibility index (Phi) is 1.30.